The largest absolute Gasteiger partial charge is 0.0841 e. The minimum atomic E-state index is 0.397. The molecular formula is C30H48. The van der Waals surface area contributed by atoms with Crippen LogP contribution < -0.4 is 0 Å². The van der Waals surface area contributed by atoms with Crippen LogP contribution in [0.15, 0.2) is 23.3 Å². The molecule has 168 valence electrons. The first-order chi connectivity index (χ1) is 13.9. The Labute approximate surface area is 187 Å². The molecule has 0 bridgehead atoms. The van der Waals surface area contributed by atoms with E-state index in [4.69, 9.17) is 0 Å². The average Bonchev–Trinajstić information content (AvgIpc) is 3.01. The van der Waals surface area contributed by atoms with Crippen molar-refractivity contribution >= 4 is 0 Å². The summed E-state index contributed by atoms with van der Waals surface area (Å²) < 4.78 is 0. The summed E-state index contributed by atoms with van der Waals surface area (Å²) in [5.74, 6) is 3.30. The fourth-order valence-electron chi connectivity index (χ4n) is 9.70. The average molecular weight is 409 g/mol. The van der Waals surface area contributed by atoms with Gasteiger partial charge in [-0.25, -0.2) is 0 Å². The molecule has 0 radical (unpaired) electrons. The minimum Gasteiger partial charge on any atom is -0.0841 e. The number of allylic oxidation sites excluding steroid dienone is 4. The van der Waals surface area contributed by atoms with Gasteiger partial charge in [-0.1, -0.05) is 78.7 Å². The topological polar surface area (TPSA) is 0 Å². The van der Waals surface area contributed by atoms with E-state index in [-0.39, 0.29) is 0 Å². The highest BCUT2D eigenvalue weighted by molar-refractivity contribution is 5.38. The molecular weight excluding hydrogens is 360 g/mol. The van der Waals surface area contributed by atoms with Gasteiger partial charge in [0.15, 0.2) is 0 Å². The van der Waals surface area contributed by atoms with Crippen LogP contribution in [0, 0.1) is 50.7 Å². The van der Waals surface area contributed by atoms with E-state index in [0.717, 1.165) is 23.7 Å². The van der Waals surface area contributed by atoms with Crippen LogP contribution in [0.4, 0.5) is 0 Å². The van der Waals surface area contributed by atoms with Crippen LogP contribution in [0.5, 0.6) is 0 Å². The highest BCUT2D eigenvalue weighted by Crippen LogP contribution is 2.74. The molecule has 0 N–H and O–H groups in total. The second kappa shape index (κ2) is 6.29. The van der Waals surface area contributed by atoms with Crippen LogP contribution in [-0.4, -0.2) is 0 Å². The Bertz CT molecular complexity index is 795. The first-order valence-corrected chi connectivity index (χ1v) is 13.3. The van der Waals surface area contributed by atoms with Crippen molar-refractivity contribution in [2.24, 2.45) is 50.7 Å². The predicted octanol–water partition coefficient (Wildman–Crippen LogP) is 8.97. The summed E-state index contributed by atoms with van der Waals surface area (Å²) in [7, 11) is 0. The Morgan fingerprint density at radius 2 is 1.53 bits per heavy atom. The lowest BCUT2D eigenvalue weighted by Gasteiger charge is -2.67. The zero-order chi connectivity index (χ0) is 21.7. The van der Waals surface area contributed by atoms with Gasteiger partial charge in [0.1, 0.15) is 0 Å². The van der Waals surface area contributed by atoms with E-state index in [0.29, 0.717) is 27.1 Å². The Hall–Kier alpha value is -0.520. The van der Waals surface area contributed by atoms with Gasteiger partial charge >= 0.3 is 0 Å². The zero-order valence-electron chi connectivity index (χ0n) is 21.3. The van der Waals surface area contributed by atoms with Gasteiger partial charge in [-0.3, -0.25) is 0 Å². The van der Waals surface area contributed by atoms with Crippen molar-refractivity contribution in [1.29, 1.82) is 0 Å². The summed E-state index contributed by atoms with van der Waals surface area (Å²) in [4.78, 5) is 0. The van der Waals surface area contributed by atoms with Crippen molar-refractivity contribution in [3.8, 4) is 0 Å². The second-order valence-electron chi connectivity index (χ2n) is 14.4. The number of rotatable bonds is 1. The molecule has 5 rings (SSSR count). The van der Waals surface area contributed by atoms with Gasteiger partial charge in [-0.05, 0) is 109 Å². The molecule has 30 heavy (non-hydrogen) atoms. The molecule has 0 heteroatoms. The molecule has 0 saturated heterocycles. The normalized spacial score (nSPS) is 52.0. The molecule has 3 fully saturated rings. The number of hydrogen-bond donors (Lipinski definition) is 0. The molecule has 3 saturated carbocycles. The molecule has 0 aliphatic heterocycles. The first-order valence-electron chi connectivity index (χ1n) is 13.3. The quantitative estimate of drug-likeness (QED) is 0.380. The molecule has 0 aromatic heterocycles. The summed E-state index contributed by atoms with van der Waals surface area (Å²) in [5, 5.41) is 0. The van der Waals surface area contributed by atoms with Crippen molar-refractivity contribution in [2.45, 2.75) is 113 Å². The highest BCUT2D eigenvalue weighted by atomic mass is 14.7. The van der Waals surface area contributed by atoms with E-state index in [9.17, 15) is 0 Å². The van der Waals surface area contributed by atoms with Gasteiger partial charge in [0.05, 0.1) is 0 Å². The molecule has 0 aromatic carbocycles. The summed E-state index contributed by atoms with van der Waals surface area (Å²) in [6.07, 6.45) is 18.3. The lowest BCUT2D eigenvalue weighted by molar-refractivity contribution is -0.0937. The highest BCUT2D eigenvalue weighted by Gasteiger charge is 2.65. The van der Waals surface area contributed by atoms with Crippen molar-refractivity contribution in [1.82, 2.24) is 0 Å². The summed E-state index contributed by atoms with van der Waals surface area (Å²) in [6.45, 7) is 20.7. The lowest BCUT2D eigenvalue weighted by Crippen LogP contribution is -2.58. The van der Waals surface area contributed by atoms with Crippen LogP contribution in [-0.2, 0) is 0 Å². The Morgan fingerprint density at radius 1 is 0.833 bits per heavy atom. The summed E-state index contributed by atoms with van der Waals surface area (Å²) in [5.41, 5.74) is 6.11. The molecule has 0 unspecified atom stereocenters. The van der Waals surface area contributed by atoms with Crippen molar-refractivity contribution < 1.29 is 0 Å². The fraction of sp³-hybridized carbons (Fsp3) is 0.867. The van der Waals surface area contributed by atoms with E-state index in [2.05, 4.69) is 67.5 Å². The summed E-state index contributed by atoms with van der Waals surface area (Å²) >= 11 is 0. The standard InChI is InChI=1S/C30H48/c1-20(2)21-11-13-28(6)22(21)12-14-30(8)25(28)10-9-23-24-19-26(3,4)15-16-27(24,5)17-18-29(23,30)7/h9,12,20-21,24-25H,10-11,13-19H2,1-8H3/t21-,24+,25-,27-,28+,29-,30-/m1/s1. The van der Waals surface area contributed by atoms with Gasteiger partial charge in [-0.15, -0.1) is 0 Å². The number of hydrogen-bond acceptors (Lipinski definition) is 0. The molecule has 0 nitrogen and oxygen atoms in total. The van der Waals surface area contributed by atoms with Crippen LogP contribution in [0.2, 0.25) is 0 Å². The van der Waals surface area contributed by atoms with E-state index in [1.165, 1.54) is 57.8 Å². The third-order valence-electron chi connectivity index (χ3n) is 12.1. The first kappa shape index (κ1) is 21.3. The fourth-order valence-corrected chi connectivity index (χ4v) is 9.70. The van der Waals surface area contributed by atoms with Crippen LogP contribution in [0.25, 0.3) is 0 Å². The molecule has 0 aromatic rings. The summed E-state index contributed by atoms with van der Waals surface area (Å²) in [6, 6.07) is 0. The van der Waals surface area contributed by atoms with Crippen LogP contribution in [0.3, 0.4) is 0 Å². The molecule has 0 heterocycles. The Balaban J connectivity index is 1.57. The van der Waals surface area contributed by atoms with E-state index >= 15 is 0 Å². The number of fused-ring (bicyclic) bond motifs is 7. The van der Waals surface area contributed by atoms with E-state index < -0.39 is 0 Å². The monoisotopic (exact) mass is 408 g/mol. The third kappa shape index (κ3) is 2.58. The van der Waals surface area contributed by atoms with Crippen LogP contribution >= 0.6 is 0 Å². The van der Waals surface area contributed by atoms with Gasteiger partial charge < -0.3 is 0 Å². The van der Waals surface area contributed by atoms with Crippen molar-refractivity contribution in [3.05, 3.63) is 23.3 Å². The smallest absolute Gasteiger partial charge is 0.00534 e. The maximum Gasteiger partial charge on any atom is -0.00534 e. The Kier molecular flexibility index (Phi) is 4.47. The second-order valence-corrected chi connectivity index (χ2v) is 14.4. The maximum atomic E-state index is 2.83. The van der Waals surface area contributed by atoms with Gasteiger partial charge in [0.25, 0.3) is 0 Å². The van der Waals surface area contributed by atoms with Crippen LogP contribution in [0.1, 0.15) is 113 Å². The van der Waals surface area contributed by atoms with Gasteiger partial charge in [0, 0.05) is 0 Å². The Morgan fingerprint density at radius 3 is 2.23 bits per heavy atom. The van der Waals surface area contributed by atoms with Crippen molar-refractivity contribution in [3.63, 3.8) is 0 Å². The van der Waals surface area contributed by atoms with Gasteiger partial charge in [0.2, 0.25) is 0 Å². The van der Waals surface area contributed by atoms with E-state index in [1.54, 1.807) is 0 Å². The molecule has 0 amide bonds. The minimum absolute atomic E-state index is 0.397. The molecule has 5 aliphatic rings. The zero-order valence-corrected chi connectivity index (χ0v) is 21.3. The molecule has 0 spiro atoms. The molecule has 5 aliphatic carbocycles. The van der Waals surface area contributed by atoms with E-state index in [1.807, 2.05) is 11.1 Å². The molecule has 7 atom stereocenters. The predicted molar refractivity (Wildman–Crippen MR) is 129 cm³/mol. The maximum absolute atomic E-state index is 2.83. The third-order valence-corrected chi connectivity index (χ3v) is 12.1. The lowest BCUT2D eigenvalue weighted by atomic mass is 9.37. The van der Waals surface area contributed by atoms with Crippen molar-refractivity contribution in [2.75, 3.05) is 0 Å². The SMILES string of the molecule is CC(C)[C@H]1CC[C@@]2(C)C1=CC[C@]1(C)[C@@H]2CC=C2[C@@H]3CC(C)(C)CC[C@]3(C)CC[C@]21C. The van der Waals surface area contributed by atoms with Gasteiger partial charge in [-0.2, -0.15) is 0 Å².